The van der Waals surface area contributed by atoms with Crippen molar-refractivity contribution in [3.63, 3.8) is 0 Å². The van der Waals surface area contributed by atoms with Gasteiger partial charge >= 0.3 is 5.97 Å². The molecule has 1 saturated heterocycles. The van der Waals surface area contributed by atoms with Gasteiger partial charge in [-0.3, -0.25) is 9.59 Å². The number of nitrogens with zero attached hydrogens (tertiary/aromatic N) is 2. The van der Waals surface area contributed by atoms with Gasteiger partial charge in [-0.25, -0.2) is 13.6 Å². The number of benzene rings is 1. The molecule has 1 aliphatic heterocycles. The van der Waals surface area contributed by atoms with E-state index in [2.05, 4.69) is 0 Å². The molecule has 0 saturated carbocycles. The van der Waals surface area contributed by atoms with Gasteiger partial charge < -0.3 is 19.6 Å². The van der Waals surface area contributed by atoms with E-state index in [1.807, 2.05) is 4.90 Å². The second kappa shape index (κ2) is 8.47. The van der Waals surface area contributed by atoms with Gasteiger partial charge in [0.1, 0.15) is 0 Å². The lowest BCUT2D eigenvalue weighted by molar-refractivity contribution is -0.137. The maximum atomic E-state index is 13.0. The number of amides is 1. The normalized spacial score (nSPS) is 14.9. The third-order valence-electron chi connectivity index (χ3n) is 4.14. The second-order valence-electron chi connectivity index (χ2n) is 5.85. The van der Waals surface area contributed by atoms with E-state index in [0.717, 1.165) is 0 Å². The average Bonchev–Trinajstić information content (AvgIpc) is 2.61. The molecule has 0 bridgehead atoms. The topological polar surface area (TPSA) is 130 Å². The van der Waals surface area contributed by atoms with Crippen molar-refractivity contribution >= 4 is 27.6 Å². The maximum Gasteiger partial charge on any atom is 0.305 e. The first-order chi connectivity index (χ1) is 12.2. The van der Waals surface area contributed by atoms with Crippen LogP contribution in [-0.2, 0) is 19.6 Å². The Labute approximate surface area is 152 Å². The summed E-state index contributed by atoms with van der Waals surface area (Å²) in [4.78, 5) is 26.9. The summed E-state index contributed by atoms with van der Waals surface area (Å²) in [6.45, 7) is 4.20. The number of rotatable bonds is 7. The molecule has 1 aromatic rings. The lowest BCUT2D eigenvalue weighted by atomic mass is 10.1. The number of primary sulfonamides is 1. The fourth-order valence-corrected chi connectivity index (χ4v) is 3.29. The number of carbonyl (C=O) groups is 2. The Balaban J connectivity index is 2.43. The SMILES string of the molecule is CCN(CCC(=O)O)C(=O)c1cc(S(N)(=O)=O)ccc1N1CCOCC1. The molecular formula is C16H23N3O6S. The minimum absolute atomic E-state index is 0.0345. The smallest absolute Gasteiger partial charge is 0.305 e. The second-order valence-corrected chi connectivity index (χ2v) is 7.41. The van der Waals surface area contributed by atoms with Gasteiger partial charge in [0, 0.05) is 31.9 Å². The van der Waals surface area contributed by atoms with Gasteiger partial charge in [-0.1, -0.05) is 0 Å². The summed E-state index contributed by atoms with van der Waals surface area (Å²) in [7, 11) is -3.97. The summed E-state index contributed by atoms with van der Waals surface area (Å²) >= 11 is 0. The Morgan fingerprint density at radius 3 is 2.50 bits per heavy atom. The van der Waals surface area contributed by atoms with Crippen molar-refractivity contribution in [3.8, 4) is 0 Å². The predicted octanol–water partition coefficient (Wildman–Crippen LogP) is 0.107. The van der Waals surface area contributed by atoms with Crippen LogP contribution in [0.2, 0.25) is 0 Å². The van der Waals surface area contributed by atoms with Crippen molar-refractivity contribution in [1.29, 1.82) is 0 Å². The highest BCUT2D eigenvalue weighted by molar-refractivity contribution is 7.89. The fraction of sp³-hybridized carbons (Fsp3) is 0.500. The number of carbonyl (C=O) groups excluding carboxylic acids is 1. The number of nitrogens with two attached hydrogens (primary N) is 1. The molecule has 1 aromatic carbocycles. The van der Waals surface area contributed by atoms with Gasteiger partial charge in [-0.15, -0.1) is 0 Å². The zero-order chi connectivity index (χ0) is 19.3. The lowest BCUT2D eigenvalue weighted by Gasteiger charge is -2.31. The van der Waals surface area contributed by atoms with Crippen LogP contribution in [0, 0.1) is 0 Å². The minimum atomic E-state index is -3.97. The molecular weight excluding hydrogens is 362 g/mol. The van der Waals surface area contributed by atoms with Crippen LogP contribution >= 0.6 is 0 Å². The highest BCUT2D eigenvalue weighted by atomic mass is 32.2. The molecule has 26 heavy (non-hydrogen) atoms. The van der Waals surface area contributed by atoms with E-state index in [-0.39, 0.29) is 23.4 Å². The van der Waals surface area contributed by atoms with Crippen molar-refractivity contribution in [3.05, 3.63) is 23.8 Å². The van der Waals surface area contributed by atoms with Gasteiger partial charge in [0.05, 0.1) is 30.1 Å². The van der Waals surface area contributed by atoms with E-state index in [1.54, 1.807) is 13.0 Å². The first kappa shape index (κ1) is 20.1. The number of carboxylic acids is 1. The first-order valence-electron chi connectivity index (χ1n) is 8.24. The molecule has 0 aliphatic carbocycles. The standard InChI is InChI=1S/C16H23N3O6S/c1-2-18(6-5-15(20)21)16(22)13-11-12(26(17,23)24)3-4-14(13)19-7-9-25-10-8-19/h3-4,11H,2,5-10H2,1H3,(H,20,21)(H2,17,23,24). The van der Waals surface area contributed by atoms with E-state index >= 15 is 0 Å². The number of hydrogen-bond acceptors (Lipinski definition) is 6. The van der Waals surface area contributed by atoms with Crippen LogP contribution in [0.5, 0.6) is 0 Å². The number of sulfonamides is 1. The molecule has 1 amide bonds. The molecule has 0 aromatic heterocycles. The zero-order valence-corrected chi connectivity index (χ0v) is 15.4. The number of carboxylic acid groups (broad SMARTS) is 1. The molecule has 1 aliphatic rings. The maximum absolute atomic E-state index is 13.0. The minimum Gasteiger partial charge on any atom is -0.481 e. The van der Waals surface area contributed by atoms with Gasteiger partial charge in [-0.2, -0.15) is 0 Å². The molecule has 1 fully saturated rings. The van der Waals surface area contributed by atoms with Gasteiger partial charge in [0.25, 0.3) is 5.91 Å². The largest absolute Gasteiger partial charge is 0.481 e. The molecule has 10 heteroatoms. The van der Waals surface area contributed by atoms with Crippen molar-refractivity contribution in [2.45, 2.75) is 18.2 Å². The molecule has 3 N–H and O–H groups in total. The number of ether oxygens (including phenoxy) is 1. The highest BCUT2D eigenvalue weighted by Gasteiger charge is 2.24. The molecule has 0 unspecified atom stereocenters. The predicted molar refractivity (Wildman–Crippen MR) is 94.7 cm³/mol. The van der Waals surface area contributed by atoms with Crippen LogP contribution in [0.25, 0.3) is 0 Å². The van der Waals surface area contributed by atoms with Crippen molar-refractivity contribution in [2.24, 2.45) is 5.14 Å². The van der Waals surface area contributed by atoms with Crippen LogP contribution < -0.4 is 10.0 Å². The van der Waals surface area contributed by atoms with Gasteiger partial charge in [0.15, 0.2) is 0 Å². The van der Waals surface area contributed by atoms with E-state index in [1.165, 1.54) is 17.0 Å². The lowest BCUT2D eigenvalue weighted by Crippen LogP contribution is -2.39. The molecule has 1 heterocycles. The van der Waals surface area contributed by atoms with Crippen LogP contribution in [0.1, 0.15) is 23.7 Å². The Hall–Kier alpha value is -2.17. The van der Waals surface area contributed by atoms with Crippen molar-refractivity contribution in [1.82, 2.24) is 4.90 Å². The number of anilines is 1. The fourth-order valence-electron chi connectivity index (χ4n) is 2.75. The number of morpholine rings is 1. The molecule has 0 atom stereocenters. The summed E-state index contributed by atoms with van der Waals surface area (Å²) in [6.07, 6.45) is -0.193. The molecule has 0 radical (unpaired) electrons. The summed E-state index contributed by atoms with van der Waals surface area (Å²) in [6, 6.07) is 4.18. The Morgan fingerprint density at radius 1 is 1.31 bits per heavy atom. The Bertz CT molecular complexity index is 774. The van der Waals surface area contributed by atoms with E-state index in [4.69, 9.17) is 15.0 Å². The summed E-state index contributed by atoms with van der Waals surface area (Å²) < 4.78 is 28.7. The number of aliphatic carboxylic acids is 1. The Morgan fingerprint density at radius 2 is 1.96 bits per heavy atom. The molecule has 9 nitrogen and oxygen atoms in total. The summed E-state index contributed by atoms with van der Waals surface area (Å²) in [5.41, 5.74) is 0.769. The molecule has 0 spiro atoms. The van der Waals surface area contributed by atoms with Crippen LogP contribution in [0.3, 0.4) is 0 Å². The van der Waals surface area contributed by atoms with Crippen LogP contribution in [0.4, 0.5) is 5.69 Å². The van der Waals surface area contributed by atoms with E-state index in [9.17, 15) is 18.0 Å². The van der Waals surface area contributed by atoms with Crippen LogP contribution in [-0.4, -0.2) is 69.7 Å². The third-order valence-corrected chi connectivity index (χ3v) is 5.05. The average molecular weight is 385 g/mol. The quantitative estimate of drug-likeness (QED) is 0.681. The van der Waals surface area contributed by atoms with Gasteiger partial charge in [-0.05, 0) is 25.1 Å². The van der Waals surface area contributed by atoms with E-state index < -0.39 is 21.9 Å². The summed E-state index contributed by atoms with van der Waals surface area (Å²) in [5.74, 6) is -1.44. The monoisotopic (exact) mass is 385 g/mol. The Kier molecular flexibility index (Phi) is 6.57. The molecule has 144 valence electrons. The van der Waals surface area contributed by atoms with E-state index in [0.29, 0.717) is 38.5 Å². The highest BCUT2D eigenvalue weighted by Crippen LogP contribution is 2.26. The summed E-state index contributed by atoms with van der Waals surface area (Å²) in [5, 5.41) is 14.1. The van der Waals surface area contributed by atoms with Crippen molar-refractivity contribution in [2.75, 3.05) is 44.3 Å². The first-order valence-corrected chi connectivity index (χ1v) is 9.79. The number of hydrogen-bond donors (Lipinski definition) is 2. The van der Waals surface area contributed by atoms with Gasteiger partial charge in [0.2, 0.25) is 10.0 Å². The van der Waals surface area contributed by atoms with Crippen LogP contribution in [0.15, 0.2) is 23.1 Å². The molecule has 2 rings (SSSR count). The third kappa shape index (κ3) is 4.93. The van der Waals surface area contributed by atoms with Crippen molar-refractivity contribution < 1.29 is 27.9 Å². The zero-order valence-electron chi connectivity index (χ0n) is 14.6.